The maximum atomic E-state index is 12.3. The Morgan fingerprint density at radius 2 is 2.20 bits per heavy atom. The molecule has 2 saturated heterocycles. The van der Waals surface area contributed by atoms with Gasteiger partial charge in [-0.1, -0.05) is 13.8 Å². The molecule has 3 heterocycles. The van der Waals surface area contributed by atoms with Crippen molar-refractivity contribution in [3.05, 3.63) is 24.3 Å². The maximum absolute atomic E-state index is 12.3. The maximum Gasteiger partial charge on any atom is 0.271 e. The van der Waals surface area contributed by atoms with Crippen LogP contribution < -0.4 is 5.32 Å². The fourth-order valence-electron chi connectivity index (χ4n) is 3.51. The first kappa shape index (κ1) is 17.8. The molecule has 0 spiro atoms. The molecular weight excluding hydrogens is 320 g/mol. The molecule has 0 aromatic carbocycles. The second-order valence-electron chi connectivity index (χ2n) is 7.33. The quantitative estimate of drug-likeness (QED) is 0.834. The number of carbonyl (C=O) groups is 2. The van der Waals surface area contributed by atoms with E-state index in [1.165, 1.54) is 18.6 Å². The number of aromatic nitrogens is 2. The average molecular weight is 346 g/mol. The zero-order valence-electron chi connectivity index (χ0n) is 14.9. The lowest BCUT2D eigenvalue weighted by Crippen LogP contribution is -2.35. The van der Waals surface area contributed by atoms with Crippen LogP contribution in [0.25, 0.3) is 0 Å². The van der Waals surface area contributed by atoms with Gasteiger partial charge in [0, 0.05) is 50.3 Å². The summed E-state index contributed by atoms with van der Waals surface area (Å²) in [5.41, 5.74) is 0.315. The number of ether oxygens (including phenoxy) is 1. The third-order valence-corrected chi connectivity index (χ3v) is 5.05. The largest absolute Gasteiger partial charge is 0.376 e. The predicted molar refractivity (Wildman–Crippen MR) is 91.7 cm³/mol. The Bertz CT molecular complexity index is 608. The number of hydrogen-bond donors (Lipinski definition) is 1. The van der Waals surface area contributed by atoms with Gasteiger partial charge >= 0.3 is 0 Å². The van der Waals surface area contributed by atoms with E-state index >= 15 is 0 Å². The van der Waals surface area contributed by atoms with Crippen LogP contribution in [0.4, 0.5) is 0 Å². The van der Waals surface area contributed by atoms with Crippen molar-refractivity contribution < 1.29 is 14.3 Å². The van der Waals surface area contributed by atoms with Crippen molar-refractivity contribution in [2.75, 3.05) is 26.2 Å². The number of hydrogen-bond acceptors (Lipinski definition) is 5. The van der Waals surface area contributed by atoms with E-state index in [0.717, 1.165) is 13.0 Å². The van der Waals surface area contributed by atoms with Gasteiger partial charge in [-0.15, -0.1) is 0 Å². The molecule has 3 rings (SSSR count). The minimum absolute atomic E-state index is 0.0985. The third kappa shape index (κ3) is 4.34. The van der Waals surface area contributed by atoms with Crippen molar-refractivity contribution in [1.29, 1.82) is 0 Å². The summed E-state index contributed by atoms with van der Waals surface area (Å²) < 4.78 is 5.86. The van der Waals surface area contributed by atoms with Crippen LogP contribution in [0.2, 0.25) is 0 Å². The first-order valence-electron chi connectivity index (χ1n) is 8.98. The van der Waals surface area contributed by atoms with E-state index in [0.29, 0.717) is 43.6 Å². The highest BCUT2D eigenvalue weighted by Crippen LogP contribution is 2.33. The lowest BCUT2D eigenvalue weighted by Gasteiger charge is -2.20. The van der Waals surface area contributed by atoms with Crippen molar-refractivity contribution in [2.45, 2.75) is 32.8 Å². The van der Waals surface area contributed by atoms with E-state index in [1.807, 2.05) is 4.90 Å². The first-order valence-corrected chi connectivity index (χ1v) is 8.98. The van der Waals surface area contributed by atoms with Crippen LogP contribution in [0.1, 0.15) is 37.2 Å². The Balaban J connectivity index is 1.49. The molecule has 2 aliphatic heterocycles. The molecule has 2 fully saturated rings. The molecule has 25 heavy (non-hydrogen) atoms. The van der Waals surface area contributed by atoms with Gasteiger partial charge in [-0.2, -0.15) is 0 Å². The van der Waals surface area contributed by atoms with Crippen molar-refractivity contribution in [1.82, 2.24) is 20.2 Å². The zero-order chi connectivity index (χ0) is 17.8. The highest BCUT2D eigenvalue weighted by molar-refractivity contribution is 5.91. The van der Waals surface area contributed by atoms with E-state index < -0.39 is 0 Å². The van der Waals surface area contributed by atoms with Gasteiger partial charge in [0.2, 0.25) is 5.91 Å². The number of nitrogens with one attached hydrogen (secondary N) is 1. The number of amides is 2. The summed E-state index contributed by atoms with van der Waals surface area (Å²) in [4.78, 5) is 34.3. The van der Waals surface area contributed by atoms with Gasteiger partial charge in [0.05, 0.1) is 18.9 Å². The van der Waals surface area contributed by atoms with Gasteiger partial charge in [-0.05, 0) is 12.3 Å². The molecule has 0 unspecified atom stereocenters. The van der Waals surface area contributed by atoms with E-state index in [2.05, 4.69) is 29.1 Å². The Kier molecular flexibility index (Phi) is 5.63. The van der Waals surface area contributed by atoms with Crippen LogP contribution in [0.3, 0.4) is 0 Å². The molecule has 0 aliphatic carbocycles. The molecule has 1 aromatic rings. The van der Waals surface area contributed by atoms with Crippen LogP contribution in [0.5, 0.6) is 0 Å². The second-order valence-corrected chi connectivity index (χ2v) is 7.33. The standard InChI is InChI=1S/C18H26N4O3/c1-12(2)3-4-17(23)22-9-14-13(11-25-16(14)10-22)7-21-18(24)15-8-19-5-6-20-15/h5-6,8,12-14,16H,3-4,7,9-11H2,1-2H3,(H,21,24)/t13-,14+,16+/m0/s1. The lowest BCUT2D eigenvalue weighted by molar-refractivity contribution is -0.131. The molecule has 0 bridgehead atoms. The molecule has 1 N–H and O–H groups in total. The highest BCUT2D eigenvalue weighted by atomic mass is 16.5. The number of fused-ring (bicyclic) bond motifs is 1. The van der Waals surface area contributed by atoms with Gasteiger partial charge in [0.15, 0.2) is 0 Å². The number of likely N-dealkylation sites (tertiary alicyclic amines) is 1. The van der Waals surface area contributed by atoms with Crippen molar-refractivity contribution in [2.24, 2.45) is 17.8 Å². The van der Waals surface area contributed by atoms with Crippen molar-refractivity contribution >= 4 is 11.8 Å². The molecule has 2 amide bonds. The van der Waals surface area contributed by atoms with Crippen LogP contribution >= 0.6 is 0 Å². The van der Waals surface area contributed by atoms with E-state index in [-0.39, 0.29) is 23.8 Å². The molecule has 7 nitrogen and oxygen atoms in total. The summed E-state index contributed by atoms with van der Waals surface area (Å²) in [6, 6.07) is 0. The summed E-state index contributed by atoms with van der Waals surface area (Å²) in [6.07, 6.45) is 6.11. The molecule has 0 saturated carbocycles. The predicted octanol–water partition coefficient (Wildman–Crippen LogP) is 1.12. The summed E-state index contributed by atoms with van der Waals surface area (Å²) in [5, 5.41) is 2.91. The summed E-state index contributed by atoms with van der Waals surface area (Å²) in [7, 11) is 0. The fourth-order valence-corrected chi connectivity index (χ4v) is 3.51. The Hall–Kier alpha value is -2.02. The molecule has 136 valence electrons. The summed E-state index contributed by atoms with van der Waals surface area (Å²) in [6.45, 7) is 6.83. The number of nitrogens with zero attached hydrogens (tertiary/aromatic N) is 3. The molecule has 7 heteroatoms. The second kappa shape index (κ2) is 7.91. The van der Waals surface area contributed by atoms with E-state index in [9.17, 15) is 9.59 Å². The van der Waals surface area contributed by atoms with Crippen LogP contribution in [-0.2, 0) is 9.53 Å². The minimum atomic E-state index is -0.223. The Morgan fingerprint density at radius 3 is 2.92 bits per heavy atom. The SMILES string of the molecule is CC(C)CCC(=O)N1C[C@@H]2[C@@H](CNC(=O)c3cnccn3)CO[C@@H]2C1. The van der Waals surface area contributed by atoms with Crippen molar-refractivity contribution in [3.8, 4) is 0 Å². The summed E-state index contributed by atoms with van der Waals surface area (Å²) >= 11 is 0. The van der Waals surface area contributed by atoms with Crippen molar-refractivity contribution in [3.63, 3.8) is 0 Å². The smallest absolute Gasteiger partial charge is 0.271 e. The van der Waals surface area contributed by atoms with Gasteiger partial charge < -0.3 is 15.0 Å². The van der Waals surface area contributed by atoms with Crippen LogP contribution in [0, 0.1) is 17.8 Å². The van der Waals surface area contributed by atoms with E-state index in [1.54, 1.807) is 0 Å². The fraction of sp³-hybridized carbons (Fsp3) is 0.667. The van der Waals surface area contributed by atoms with Crippen LogP contribution in [0.15, 0.2) is 18.6 Å². The molecular formula is C18H26N4O3. The summed E-state index contributed by atoms with van der Waals surface area (Å²) in [5.74, 6) is 1.05. The third-order valence-electron chi connectivity index (χ3n) is 5.05. The van der Waals surface area contributed by atoms with Gasteiger partial charge in [0.1, 0.15) is 5.69 Å². The molecule has 3 atom stereocenters. The van der Waals surface area contributed by atoms with Gasteiger partial charge in [-0.25, -0.2) is 4.98 Å². The molecule has 0 radical (unpaired) electrons. The average Bonchev–Trinajstić information content (AvgIpc) is 3.19. The number of rotatable bonds is 6. The normalized spacial score (nSPS) is 25.2. The highest BCUT2D eigenvalue weighted by Gasteiger charge is 2.44. The molecule has 2 aliphatic rings. The zero-order valence-corrected chi connectivity index (χ0v) is 14.9. The topological polar surface area (TPSA) is 84.4 Å². The molecule has 1 aromatic heterocycles. The van der Waals surface area contributed by atoms with E-state index in [4.69, 9.17) is 4.74 Å². The van der Waals surface area contributed by atoms with Gasteiger partial charge in [0.25, 0.3) is 5.91 Å². The van der Waals surface area contributed by atoms with Gasteiger partial charge in [-0.3, -0.25) is 14.6 Å². The first-order chi connectivity index (χ1) is 12.0. The van der Waals surface area contributed by atoms with Crippen LogP contribution in [-0.4, -0.2) is 59.0 Å². The monoisotopic (exact) mass is 346 g/mol. The Morgan fingerprint density at radius 1 is 1.36 bits per heavy atom. The Labute approximate surface area is 148 Å². The lowest BCUT2D eigenvalue weighted by atomic mass is 9.93. The number of carbonyl (C=O) groups excluding carboxylic acids is 2. The minimum Gasteiger partial charge on any atom is -0.376 e.